The fourth-order valence-corrected chi connectivity index (χ4v) is 4.40. The molecule has 6 heteroatoms. The minimum atomic E-state index is 0.0241. The van der Waals surface area contributed by atoms with E-state index in [1.54, 1.807) is 0 Å². The van der Waals surface area contributed by atoms with Gasteiger partial charge in [0.15, 0.2) is 0 Å². The summed E-state index contributed by atoms with van der Waals surface area (Å²) < 4.78 is 0. The lowest BCUT2D eigenvalue weighted by Gasteiger charge is -2.25. The van der Waals surface area contributed by atoms with Gasteiger partial charge in [0.25, 0.3) is 5.91 Å². The molecule has 1 aliphatic carbocycles. The zero-order valence-corrected chi connectivity index (χ0v) is 17.7. The average Bonchev–Trinajstić information content (AvgIpc) is 3.43. The number of nitrogens with zero attached hydrogens (tertiary/aromatic N) is 2. The molecular weight excluding hydrogens is 376 g/mol. The molecule has 2 N–H and O–H groups in total. The third-order valence-corrected chi connectivity index (χ3v) is 6.30. The zero-order valence-electron chi connectivity index (χ0n) is 17.7. The molecule has 2 atom stereocenters. The molecule has 1 heterocycles. The molecule has 6 nitrogen and oxygen atoms in total. The summed E-state index contributed by atoms with van der Waals surface area (Å²) in [6.07, 6.45) is 4.99. The third kappa shape index (κ3) is 3.82. The number of hydrogen-bond acceptors (Lipinski definition) is 3. The lowest BCUT2D eigenvalue weighted by molar-refractivity contribution is -0.121. The van der Waals surface area contributed by atoms with Crippen molar-refractivity contribution < 1.29 is 9.59 Å². The molecule has 3 aromatic rings. The summed E-state index contributed by atoms with van der Waals surface area (Å²) in [6.45, 7) is 3.95. The van der Waals surface area contributed by atoms with E-state index in [1.807, 2.05) is 55.4 Å². The quantitative estimate of drug-likeness (QED) is 0.673. The first-order valence-electron chi connectivity index (χ1n) is 10.6. The van der Waals surface area contributed by atoms with Gasteiger partial charge in [0.05, 0.1) is 11.7 Å². The van der Waals surface area contributed by atoms with Crippen molar-refractivity contribution in [2.45, 2.75) is 51.6 Å². The van der Waals surface area contributed by atoms with Crippen molar-refractivity contribution in [3.05, 3.63) is 53.7 Å². The van der Waals surface area contributed by atoms with E-state index in [-0.39, 0.29) is 23.9 Å². The highest BCUT2D eigenvalue weighted by atomic mass is 16.2. The molecule has 0 aliphatic heterocycles. The van der Waals surface area contributed by atoms with Gasteiger partial charge in [-0.2, -0.15) is 5.10 Å². The fourth-order valence-electron chi connectivity index (χ4n) is 4.40. The number of carbonyl (C=O) groups excluding carboxylic acids is 2. The maximum atomic E-state index is 13.0. The van der Waals surface area contributed by atoms with Gasteiger partial charge in [-0.1, -0.05) is 25.1 Å². The minimum Gasteiger partial charge on any atom is -0.353 e. The summed E-state index contributed by atoms with van der Waals surface area (Å²) in [5.41, 5.74) is 5.10. The van der Waals surface area contributed by atoms with Crippen LogP contribution in [0, 0.1) is 6.92 Å². The van der Waals surface area contributed by atoms with E-state index in [0.717, 1.165) is 41.3 Å². The molecule has 2 amide bonds. The molecule has 0 saturated heterocycles. The van der Waals surface area contributed by atoms with Crippen LogP contribution in [0.25, 0.3) is 22.0 Å². The molecule has 1 aliphatic rings. The first-order chi connectivity index (χ1) is 14.5. The lowest BCUT2D eigenvalue weighted by atomic mass is 9.97. The van der Waals surface area contributed by atoms with E-state index >= 15 is 0 Å². The lowest BCUT2D eigenvalue weighted by Crippen LogP contribution is -2.38. The number of nitrogens with one attached hydrogen (secondary N) is 2. The Hall–Kier alpha value is -3.15. The fraction of sp³-hybridized carbons (Fsp3) is 0.375. The van der Waals surface area contributed by atoms with Crippen molar-refractivity contribution in [1.29, 1.82) is 0 Å². The smallest absolute Gasteiger partial charge is 0.253 e. The van der Waals surface area contributed by atoms with Gasteiger partial charge in [-0.05, 0) is 61.1 Å². The van der Waals surface area contributed by atoms with Crippen molar-refractivity contribution in [3.8, 4) is 11.1 Å². The van der Waals surface area contributed by atoms with E-state index in [9.17, 15) is 9.59 Å². The second kappa shape index (κ2) is 8.30. The average molecular weight is 405 g/mol. The summed E-state index contributed by atoms with van der Waals surface area (Å²) in [5, 5.41) is 11.3. The van der Waals surface area contributed by atoms with Crippen LogP contribution in [0.3, 0.4) is 0 Å². The van der Waals surface area contributed by atoms with E-state index in [2.05, 4.69) is 28.5 Å². The Bertz CT molecular complexity index is 1070. The third-order valence-electron chi connectivity index (χ3n) is 6.30. The molecule has 0 unspecified atom stereocenters. The second-order valence-corrected chi connectivity index (χ2v) is 8.15. The van der Waals surface area contributed by atoms with E-state index in [4.69, 9.17) is 0 Å². The van der Waals surface area contributed by atoms with Crippen LogP contribution in [-0.2, 0) is 4.79 Å². The molecule has 1 saturated carbocycles. The zero-order chi connectivity index (χ0) is 21.3. The van der Waals surface area contributed by atoms with Crippen molar-refractivity contribution >= 4 is 22.7 Å². The van der Waals surface area contributed by atoms with Crippen LogP contribution in [-0.4, -0.2) is 46.0 Å². The predicted octanol–water partition coefficient (Wildman–Crippen LogP) is 4.06. The molecule has 4 rings (SSSR count). The summed E-state index contributed by atoms with van der Waals surface area (Å²) in [7, 11) is 1.86. The summed E-state index contributed by atoms with van der Waals surface area (Å²) in [4.78, 5) is 26.5. The maximum absolute atomic E-state index is 13.0. The normalized spacial score (nSPS) is 18.5. The van der Waals surface area contributed by atoms with Gasteiger partial charge in [-0.3, -0.25) is 14.7 Å². The van der Waals surface area contributed by atoms with Crippen LogP contribution in [0.4, 0.5) is 0 Å². The number of aromatic nitrogens is 2. The number of fused-ring (bicyclic) bond motifs is 1. The van der Waals surface area contributed by atoms with Crippen LogP contribution in [0.1, 0.15) is 48.5 Å². The Balaban J connectivity index is 1.46. The number of carbonyl (C=O) groups is 2. The SMILES string of the molecule is CCC(=O)N[C@H]1CC[C@@H](N(C)C(=O)c2ccc(-c3ccc4[nH]ncc4c3C)cc2)C1. The van der Waals surface area contributed by atoms with Crippen LogP contribution >= 0.6 is 0 Å². The van der Waals surface area contributed by atoms with E-state index in [1.165, 1.54) is 5.56 Å². The van der Waals surface area contributed by atoms with Crippen LogP contribution in [0.5, 0.6) is 0 Å². The number of H-pyrrole nitrogens is 1. The Kier molecular flexibility index (Phi) is 5.57. The Morgan fingerprint density at radius 3 is 2.67 bits per heavy atom. The summed E-state index contributed by atoms with van der Waals surface area (Å²) in [5.74, 6) is 0.102. The largest absolute Gasteiger partial charge is 0.353 e. The van der Waals surface area contributed by atoms with E-state index in [0.29, 0.717) is 12.0 Å². The van der Waals surface area contributed by atoms with E-state index < -0.39 is 0 Å². The molecule has 1 fully saturated rings. The van der Waals surface area contributed by atoms with Gasteiger partial charge in [-0.25, -0.2) is 0 Å². The number of hydrogen-bond donors (Lipinski definition) is 2. The number of benzene rings is 2. The van der Waals surface area contributed by atoms with Gasteiger partial charge >= 0.3 is 0 Å². The van der Waals surface area contributed by atoms with Crippen LogP contribution in [0.15, 0.2) is 42.6 Å². The van der Waals surface area contributed by atoms with Crippen molar-refractivity contribution in [2.75, 3.05) is 7.05 Å². The topological polar surface area (TPSA) is 78.1 Å². The molecule has 0 spiro atoms. The van der Waals surface area contributed by atoms with Crippen molar-refractivity contribution in [1.82, 2.24) is 20.4 Å². The minimum absolute atomic E-state index is 0.0241. The molecule has 2 aromatic carbocycles. The predicted molar refractivity (Wildman–Crippen MR) is 118 cm³/mol. The first-order valence-corrected chi connectivity index (χ1v) is 10.6. The van der Waals surface area contributed by atoms with Gasteiger partial charge < -0.3 is 10.2 Å². The van der Waals surface area contributed by atoms with Crippen molar-refractivity contribution in [3.63, 3.8) is 0 Å². The number of aryl methyl sites for hydroxylation is 1. The standard InChI is InChI=1S/C24H28N4O2/c1-4-23(29)26-18-9-10-19(13-18)28(3)24(30)17-7-5-16(6-8-17)20-11-12-22-21(15(20)2)14-25-27-22/h5-8,11-12,14,18-19H,4,9-10,13H2,1-3H3,(H,25,27)(H,26,29)/t18-,19+/m0/s1. The van der Waals surface area contributed by atoms with Gasteiger partial charge in [0, 0.05) is 36.5 Å². The molecule has 30 heavy (non-hydrogen) atoms. The maximum Gasteiger partial charge on any atom is 0.253 e. The first kappa shape index (κ1) is 20.1. The highest BCUT2D eigenvalue weighted by molar-refractivity contribution is 5.95. The van der Waals surface area contributed by atoms with Gasteiger partial charge in [0.2, 0.25) is 5.91 Å². The van der Waals surface area contributed by atoms with Gasteiger partial charge in [-0.15, -0.1) is 0 Å². The molecule has 0 bridgehead atoms. The van der Waals surface area contributed by atoms with Crippen LogP contribution in [0.2, 0.25) is 0 Å². The van der Waals surface area contributed by atoms with Crippen molar-refractivity contribution in [2.24, 2.45) is 0 Å². The number of rotatable bonds is 5. The van der Waals surface area contributed by atoms with Crippen LogP contribution < -0.4 is 5.32 Å². The molecule has 1 aromatic heterocycles. The highest BCUT2D eigenvalue weighted by Gasteiger charge is 2.30. The Morgan fingerprint density at radius 2 is 1.93 bits per heavy atom. The Labute approximate surface area is 176 Å². The molecule has 0 radical (unpaired) electrons. The summed E-state index contributed by atoms with van der Waals surface area (Å²) in [6, 6.07) is 12.3. The highest BCUT2D eigenvalue weighted by Crippen LogP contribution is 2.30. The number of amides is 2. The summed E-state index contributed by atoms with van der Waals surface area (Å²) >= 11 is 0. The van der Waals surface area contributed by atoms with Gasteiger partial charge in [0.1, 0.15) is 0 Å². The number of aromatic amines is 1. The molecule has 156 valence electrons. The molecular formula is C24H28N4O2. The monoisotopic (exact) mass is 404 g/mol. The Morgan fingerprint density at radius 1 is 1.17 bits per heavy atom. The second-order valence-electron chi connectivity index (χ2n) is 8.15.